The van der Waals surface area contributed by atoms with Crippen LogP contribution in [0.5, 0.6) is 0 Å². The van der Waals surface area contributed by atoms with Gasteiger partial charge in [0.1, 0.15) is 5.76 Å². The molecule has 0 fully saturated rings. The van der Waals surface area contributed by atoms with Crippen molar-refractivity contribution >= 4 is 23.4 Å². The summed E-state index contributed by atoms with van der Waals surface area (Å²) in [5.74, 6) is 0.869. The van der Waals surface area contributed by atoms with Gasteiger partial charge in [0.15, 0.2) is 0 Å². The van der Waals surface area contributed by atoms with E-state index in [1.807, 2.05) is 25.1 Å². The highest BCUT2D eigenvalue weighted by atomic mass is 35.5. The maximum absolute atomic E-state index is 9.23. The first kappa shape index (κ1) is 11.6. The average Bonchev–Trinajstić information content (AvgIpc) is 2.65. The Kier molecular flexibility index (Phi) is 3.59. The number of aliphatic hydroxyl groups excluding tert-OH is 1. The Balaban J connectivity index is 2.33. The highest BCUT2D eigenvalue weighted by Gasteiger charge is 2.08. The fraction of sp³-hybridized carbons (Fsp3) is 0.167. The third-order valence-electron chi connectivity index (χ3n) is 2.23. The third-order valence-corrected chi connectivity index (χ3v) is 3.71. The smallest absolute Gasteiger partial charge is 0.114 e. The minimum atomic E-state index is 0.0103. The molecule has 0 aliphatic rings. The molecule has 1 aromatic heterocycles. The molecule has 16 heavy (non-hydrogen) atoms. The Morgan fingerprint density at radius 3 is 2.75 bits per heavy atom. The highest BCUT2D eigenvalue weighted by Crippen LogP contribution is 2.34. The molecular weight excluding hydrogens is 244 g/mol. The first-order valence-corrected chi connectivity index (χ1v) is 6.01. The molecule has 0 saturated heterocycles. The minimum absolute atomic E-state index is 0.0103. The van der Waals surface area contributed by atoms with Gasteiger partial charge in [0, 0.05) is 9.92 Å². The van der Waals surface area contributed by atoms with Gasteiger partial charge in [-0.1, -0.05) is 29.4 Å². The van der Waals surface area contributed by atoms with Crippen LogP contribution in [0, 0.1) is 6.92 Å². The molecule has 0 aliphatic heterocycles. The molecule has 0 saturated carbocycles. The molecule has 0 amide bonds. The van der Waals surface area contributed by atoms with Crippen LogP contribution < -0.4 is 0 Å². The third kappa shape index (κ3) is 2.43. The molecule has 1 aromatic carbocycles. The largest absolute Gasteiger partial charge is 0.468 e. The van der Waals surface area contributed by atoms with Gasteiger partial charge < -0.3 is 9.52 Å². The summed E-state index contributed by atoms with van der Waals surface area (Å²) in [4.78, 5) is 2.00. The molecule has 0 unspecified atom stereocenters. The van der Waals surface area contributed by atoms with E-state index >= 15 is 0 Å². The van der Waals surface area contributed by atoms with E-state index in [-0.39, 0.29) is 6.61 Å². The van der Waals surface area contributed by atoms with E-state index in [9.17, 15) is 5.11 Å². The number of aryl methyl sites for hydroxylation is 1. The Labute approximate surface area is 103 Å². The van der Waals surface area contributed by atoms with Crippen molar-refractivity contribution in [3.8, 4) is 0 Å². The highest BCUT2D eigenvalue weighted by molar-refractivity contribution is 7.99. The minimum Gasteiger partial charge on any atom is -0.468 e. The zero-order valence-electron chi connectivity index (χ0n) is 8.74. The van der Waals surface area contributed by atoms with Crippen molar-refractivity contribution in [3.05, 3.63) is 46.9 Å². The topological polar surface area (TPSA) is 33.4 Å². The second-order valence-electron chi connectivity index (χ2n) is 3.35. The Morgan fingerprint density at radius 1 is 1.31 bits per heavy atom. The van der Waals surface area contributed by atoms with Gasteiger partial charge >= 0.3 is 0 Å². The van der Waals surface area contributed by atoms with Gasteiger partial charge in [-0.3, -0.25) is 0 Å². The molecule has 2 nitrogen and oxygen atoms in total. The number of furan rings is 1. The lowest BCUT2D eigenvalue weighted by Gasteiger charge is -2.06. The molecule has 0 bridgehead atoms. The van der Waals surface area contributed by atoms with Crippen molar-refractivity contribution in [2.75, 3.05) is 0 Å². The number of rotatable bonds is 3. The predicted molar refractivity (Wildman–Crippen MR) is 64.9 cm³/mol. The van der Waals surface area contributed by atoms with E-state index < -0.39 is 0 Å². The Hall–Kier alpha value is -0.900. The summed E-state index contributed by atoms with van der Waals surface area (Å²) in [7, 11) is 0. The van der Waals surface area contributed by atoms with Gasteiger partial charge in [0.05, 0.1) is 17.8 Å². The second kappa shape index (κ2) is 4.95. The van der Waals surface area contributed by atoms with Crippen LogP contribution in [0.25, 0.3) is 0 Å². The number of hydrogen-bond acceptors (Lipinski definition) is 3. The standard InChI is InChI=1S/C12H11ClO2S/c1-8-11(4-5-15-8)16-12-6-10(13)3-2-9(12)7-14/h2-6,14H,7H2,1H3. The molecule has 2 aromatic rings. The van der Waals surface area contributed by atoms with E-state index in [1.165, 1.54) is 0 Å². The van der Waals surface area contributed by atoms with Crippen LogP contribution in [-0.2, 0) is 6.61 Å². The van der Waals surface area contributed by atoms with Crippen LogP contribution in [0.4, 0.5) is 0 Å². The van der Waals surface area contributed by atoms with E-state index in [0.29, 0.717) is 5.02 Å². The summed E-state index contributed by atoms with van der Waals surface area (Å²) in [6.45, 7) is 1.92. The molecule has 0 aliphatic carbocycles. The second-order valence-corrected chi connectivity index (χ2v) is 4.87. The Bertz CT molecular complexity index is 494. The molecule has 0 atom stereocenters. The van der Waals surface area contributed by atoms with Crippen LogP contribution in [-0.4, -0.2) is 5.11 Å². The monoisotopic (exact) mass is 254 g/mol. The van der Waals surface area contributed by atoms with Crippen molar-refractivity contribution in [3.63, 3.8) is 0 Å². The van der Waals surface area contributed by atoms with Crippen molar-refractivity contribution in [2.24, 2.45) is 0 Å². The summed E-state index contributed by atoms with van der Waals surface area (Å²) in [5.41, 5.74) is 0.870. The van der Waals surface area contributed by atoms with Gasteiger partial charge in [-0.05, 0) is 30.7 Å². The van der Waals surface area contributed by atoms with Crippen molar-refractivity contribution < 1.29 is 9.52 Å². The number of benzene rings is 1. The lowest BCUT2D eigenvalue weighted by molar-refractivity contribution is 0.279. The SMILES string of the molecule is Cc1occc1Sc1cc(Cl)ccc1CO. The lowest BCUT2D eigenvalue weighted by atomic mass is 10.2. The summed E-state index contributed by atoms with van der Waals surface area (Å²) in [6.07, 6.45) is 1.65. The number of halogens is 1. The summed E-state index contributed by atoms with van der Waals surface area (Å²) < 4.78 is 5.22. The maximum Gasteiger partial charge on any atom is 0.114 e. The van der Waals surface area contributed by atoms with Crippen molar-refractivity contribution in [1.82, 2.24) is 0 Å². The molecule has 84 valence electrons. The van der Waals surface area contributed by atoms with Gasteiger partial charge in [-0.15, -0.1) is 0 Å². The maximum atomic E-state index is 9.23. The Morgan fingerprint density at radius 2 is 2.12 bits per heavy atom. The molecule has 1 heterocycles. The molecular formula is C12H11ClO2S. The van der Waals surface area contributed by atoms with Crippen LogP contribution >= 0.6 is 23.4 Å². The van der Waals surface area contributed by atoms with Crippen LogP contribution in [0.3, 0.4) is 0 Å². The van der Waals surface area contributed by atoms with Gasteiger partial charge in [-0.2, -0.15) is 0 Å². The number of hydrogen-bond donors (Lipinski definition) is 1. The normalized spacial score (nSPS) is 10.7. The van der Waals surface area contributed by atoms with Gasteiger partial charge in [0.2, 0.25) is 0 Å². The summed E-state index contributed by atoms with van der Waals surface area (Å²) in [6, 6.07) is 7.37. The zero-order chi connectivity index (χ0) is 11.5. The van der Waals surface area contributed by atoms with E-state index in [0.717, 1.165) is 21.1 Å². The van der Waals surface area contributed by atoms with E-state index in [2.05, 4.69) is 0 Å². The lowest BCUT2D eigenvalue weighted by Crippen LogP contribution is -1.87. The summed E-state index contributed by atoms with van der Waals surface area (Å²) in [5, 5.41) is 9.89. The quantitative estimate of drug-likeness (QED) is 0.902. The van der Waals surface area contributed by atoms with Gasteiger partial charge in [-0.25, -0.2) is 0 Å². The molecule has 0 spiro atoms. The molecule has 1 N–H and O–H groups in total. The van der Waals surface area contributed by atoms with Gasteiger partial charge in [0.25, 0.3) is 0 Å². The zero-order valence-corrected chi connectivity index (χ0v) is 10.3. The first-order chi connectivity index (χ1) is 7.70. The summed E-state index contributed by atoms with van der Waals surface area (Å²) >= 11 is 7.48. The van der Waals surface area contributed by atoms with Crippen LogP contribution in [0.1, 0.15) is 11.3 Å². The van der Waals surface area contributed by atoms with Crippen molar-refractivity contribution in [2.45, 2.75) is 23.3 Å². The average molecular weight is 255 g/mol. The fourth-order valence-corrected chi connectivity index (χ4v) is 2.59. The predicted octanol–water partition coefficient (Wildman–Crippen LogP) is 3.88. The van der Waals surface area contributed by atoms with E-state index in [4.69, 9.17) is 16.0 Å². The van der Waals surface area contributed by atoms with Crippen LogP contribution in [0.15, 0.2) is 44.7 Å². The number of aliphatic hydroxyl groups is 1. The van der Waals surface area contributed by atoms with E-state index in [1.54, 1.807) is 24.1 Å². The molecule has 4 heteroatoms. The molecule has 2 rings (SSSR count). The van der Waals surface area contributed by atoms with Crippen molar-refractivity contribution in [1.29, 1.82) is 0 Å². The molecule has 0 radical (unpaired) electrons. The first-order valence-electron chi connectivity index (χ1n) is 4.82. The van der Waals surface area contributed by atoms with Crippen LogP contribution in [0.2, 0.25) is 5.02 Å². The fourth-order valence-electron chi connectivity index (χ4n) is 1.35.